The van der Waals surface area contributed by atoms with Gasteiger partial charge in [0, 0.05) is 5.56 Å². The van der Waals surface area contributed by atoms with Crippen LogP contribution in [0.25, 0.3) is 0 Å². The van der Waals surface area contributed by atoms with E-state index in [0.717, 1.165) is 5.56 Å². The number of rotatable bonds is 7. The van der Waals surface area contributed by atoms with E-state index in [1.54, 1.807) is 18.2 Å². The first kappa shape index (κ1) is 18.3. The van der Waals surface area contributed by atoms with Crippen LogP contribution in [-0.4, -0.2) is 25.1 Å². The number of aromatic hydroxyl groups is 2. The molecule has 8 heteroatoms. The lowest BCUT2D eigenvalue weighted by molar-refractivity contribution is 0.162. The lowest BCUT2D eigenvalue weighted by Gasteiger charge is -2.18. The molecule has 0 heterocycles. The van der Waals surface area contributed by atoms with Crippen LogP contribution in [0.15, 0.2) is 42.5 Å². The molecule has 0 bridgehead atoms. The fourth-order valence-electron chi connectivity index (χ4n) is 2.51. The number of nitrogens with one attached hydrogen (secondary N) is 1. The maximum absolute atomic E-state index is 11.1. The Morgan fingerprint density at radius 3 is 2.46 bits per heavy atom. The van der Waals surface area contributed by atoms with E-state index >= 15 is 0 Å². The highest BCUT2D eigenvalue weighted by Crippen LogP contribution is 2.41. The number of hydrogen-bond acceptors (Lipinski definition) is 4. The molecule has 0 aromatic heterocycles. The molecule has 0 spiro atoms. The van der Waals surface area contributed by atoms with E-state index in [4.69, 9.17) is 9.79 Å². The summed E-state index contributed by atoms with van der Waals surface area (Å²) in [6.45, 7) is 0. The van der Waals surface area contributed by atoms with Gasteiger partial charge in [-0.2, -0.15) is 0 Å². The second-order valence-electron chi connectivity index (χ2n) is 5.47. The lowest BCUT2D eigenvalue weighted by atomic mass is 9.99. The normalized spacial score (nSPS) is 12.8. The largest absolute Gasteiger partial charge is 0.508 e. The van der Waals surface area contributed by atoms with Crippen molar-refractivity contribution in [1.82, 2.24) is 0 Å². The summed E-state index contributed by atoms with van der Waals surface area (Å²) in [7, 11) is -4.55. The minimum Gasteiger partial charge on any atom is -0.508 e. The maximum Gasteiger partial charge on any atom is 0.427 e. The molecule has 0 aliphatic rings. The quantitative estimate of drug-likeness (QED) is 0.422. The highest BCUT2D eigenvalue weighted by molar-refractivity contribution is 7.53. The third-order valence-corrected chi connectivity index (χ3v) is 4.07. The van der Waals surface area contributed by atoms with Gasteiger partial charge in [0.15, 0.2) is 0 Å². The molecule has 0 amide bonds. The van der Waals surface area contributed by atoms with Crippen molar-refractivity contribution < 1.29 is 29.7 Å². The standard InChI is InChI=1S/C16H20NO6P/c18-12-6-1-4-11(10-12)5-2-8-14(19)16-13(17-24(21,22)23)7-3-9-15(16)20/h1,3-4,6-7,9-10,14,18-20H,2,5,8H2,(H3,17,21,22,23). The fraction of sp³-hybridized carbons (Fsp3) is 0.250. The van der Waals surface area contributed by atoms with Crippen LogP contribution in [0.1, 0.15) is 30.1 Å². The smallest absolute Gasteiger partial charge is 0.427 e. The number of aliphatic hydroxyl groups is 1. The third-order valence-electron chi connectivity index (χ3n) is 3.54. The van der Waals surface area contributed by atoms with E-state index < -0.39 is 13.9 Å². The van der Waals surface area contributed by atoms with E-state index in [-0.39, 0.29) is 29.2 Å². The summed E-state index contributed by atoms with van der Waals surface area (Å²) in [5.74, 6) is -0.0693. The molecular weight excluding hydrogens is 333 g/mol. The molecule has 2 aromatic carbocycles. The SMILES string of the molecule is O=P(O)(O)Nc1cccc(O)c1C(O)CCCc1cccc(O)c1. The molecule has 0 radical (unpaired) electrons. The Balaban J connectivity index is 2.06. The van der Waals surface area contributed by atoms with Crippen LogP contribution in [0, 0.1) is 0 Å². The molecule has 130 valence electrons. The summed E-state index contributed by atoms with van der Waals surface area (Å²) in [6, 6.07) is 10.9. The van der Waals surface area contributed by atoms with Gasteiger partial charge in [0.25, 0.3) is 0 Å². The van der Waals surface area contributed by atoms with Crippen LogP contribution in [0.2, 0.25) is 0 Å². The summed E-state index contributed by atoms with van der Waals surface area (Å²) in [6.07, 6.45) is 0.370. The van der Waals surface area contributed by atoms with Crippen molar-refractivity contribution in [3.8, 4) is 11.5 Å². The van der Waals surface area contributed by atoms with Gasteiger partial charge in [-0.05, 0) is 49.1 Å². The van der Waals surface area contributed by atoms with Crippen LogP contribution in [0.4, 0.5) is 5.69 Å². The van der Waals surface area contributed by atoms with Crippen LogP contribution < -0.4 is 5.09 Å². The van der Waals surface area contributed by atoms with Crippen molar-refractivity contribution in [1.29, 1.82) is 0 Å². The van der Waals surface area contributed by atoms with E-state index in [1.165, 1.54) is 18.2 Å². The minimum atomic E-state index is -4.55. The van der Waals surface area contributed by atoms with Gasteiger partial charge >= 0.3 is 7.75 Å². The maximum atomic E-state index is 11.1. The first-order valence-electron chi connectivity index (χ1n) is 7.38. The third kappa shape index (κ3) is 5.25. The molecular formula is C16H20NO6P. The molecule has 24 heavy (non-hydrogen) atoms. The average molecular weight is 353 g/mol. The Morgan fingerprint density at radius 2 is 1.79 bits per heavy atom. The van der Waals surface area contributed by atoms with Gasteiger partial charge < -0.3 is 25.1 Å². The second-order valence-corrected chi connectivity index (χ2v) is 6.78. The molecule has 0 fully saturated rings. The monoisotopic (exact) mass is 353 g/mol. The number of phenols is 2. The predicted molar refractivity (Wildman–Crippen MR) is 89.8 cm³/mol. The van der Waals surface area contributed by atoms with Gasteiger partial charge in [0.1, 0.15) is 11.5 Å². The van der Waals surface area contributed by atoms with Gasteiger partial charge in [-0.15, -0.1) is 0 Å². The summed E-state index contributed by atoms with van der Waals surface area (Å²) in [4.78, 5) is 18.1. The van der Waals surface area contributed by atoms with E-state index in [2.05, 4.69) is 0 Å². The number of benzene rings is 2. The van der Waals surface area contributed by atoms with Crippen molar-refractivity contribution in [2.24, 2.45) is 0 Å². The highest BCUT2D eigenvalue weighted by Gasteiger charge is 2.21. The Labute approximate surface area is 139 Å². The van der Waals surface area contributed by atoms with Crippen LogP contribution >= 0.6 is 7.75 Å². The zero-order valence-corrected chi connectivity index (χ0v) is 13.7. The number of hydrogen-bond donors (Lipinski definition) is 6. The van der Waals surface area contributed by atoms with Gasteiger partial charge in [0.2, 0.25) is 0 Å². The number of aliphatic hydroxyl groups excluding tert-OH is 1. The van der Waals surface area contributed by atoms with Crippen LogP contribution in [0.5, 0.6) is 11.5 Å². The Kier molecular flexibility index (Phi) is 5.85. The number of aryl methyl sites for hydroxylation is 1. The molecule has 0 saturated heterocycles. The Bertz CT molecular complexity index is 745. The topological polar surface area (TPSA) is 130 Å². The number of phenolic OH excluding ortho intramolecular Hbond substituents is 2. The molecule has 0 aliphatic carbocycles. The van der Waals surface area contributed by atoms with Crippen molar-refractivity contribution in [3.05, 3.63) is 53.6 Å². The predicted octanol–water partition coefficient (Wildman–Crippen LogP) is 2.66. The zero-order chi connectivity index (χ0) is 17.7. The summed E-state index contributed by atoms with van der Waals surface area (Å²) >= 11 is 0. The first-order valence-corrected chi connectivity index (χ1v) is 8.99. The first-order chi connectivity index (χ1) is 11.3. The molecule has 1 unspecified atom stereocenters. The van der Waals surface area contributed by atoms with E-state index in [0.29, 0.717) is 12.8 Å². The molecule has 1 atom stereocenters. The highest BCUT2D eigenvalue weighted by atomic mass is 31.2. The summed E-state index contributed by atoms with van der Waals surface area (Å²) < 4.78 is 11.1. The minimum absolute atomic E-state index is 0.00631. The molecule has 2 rings (SSSR count). The number of anilines is 1. The zero-order valence-electron chi connectivity index (χ0n) is 12.8. The van der Waals surface area contributed by atoms with Gasteiger partial charge in [-0.1, -0.05) is 18.2 Å². The van der Waals surface area contributed by atoms with Crippen LogP contribution in [0.3, 0.4) is 0 Å². The van der Waals surface area contributed by atoms with Gasteiger partial charge in [-0.25, -0.2) is 4.57 Å². The van der Waals surface area contributed by atoms with E-state index in [9.17, 15) is 19.9 Å². The summed E-state index contributed by atoms with van der Waals surface area (Å²) in [5, 5.41) is 31.7. The van der Waals surface area contributed by atoms with Gasteiger partial charge in [0.05, 0.1) is 11.8 Å². The Hall–Kier alpha value is -2.05. The van der Waals surface area contributed by atoms with Crippen molar-refractivity contribution in [2.45, 2.75) is 25.4 Å². The molecule has 0 aliphatic heterocycles. The lowest BCUT2D eigenvalue weighted by Crippen LogP contribution is -2.05. The van der Waals surface area contributed by atoms with E-state index in [1.807, 2.05) is 11.2 Å². The Morgan fingerprint density at radius 1 is 1.08 bits per heavy atom. The summed E-state index contributed by atoms with van der Waals surface area (Å²) in [5.41, 5.74) is 0.956. The average Bonchev–Trinajstić information content (AvgIpc) is 2.45. The fourth-order valence-corrected chi connectivity index (χ4v) is 3.02. The van der Waals surface area contributed by atoms with Crippen molar-refractivity contribution in [2.75, 3.05) is 5.09 Å². The molecule has 6 N–H and O–H groups in total. The van der Waals surface area contributed by atoms with Crippen LogP contribution in [-0.2, 0) is 11.0 Å². The molecule has 2 aromatic rings. The van der Waals surface area contributed by atoms with Crippen molar-refractivity contribution >= 4 is 13.4 Å². The van der Waals surface area contributed by atoms with Gasteiger partial charge in [-0.3, -0.25) is 5.09 Å². The molecule has 0 saturated carbocycles. The molecule has 7 nitrogen and oxygen atoms in total. The van der Waals surface area contributed by atoms with Crippen molar-refractivity contribution in [3.63, 3.8) is 0 Å². The second kappa shape index (κ2) is 7.68.